The predicted octanol–water partition coefficient (Wildman–Crippen LogP) is 5.55. The molecule has 0 fully saturated rings. The van der Waals surface area contributed by atoms with Crippen LogP contribution in [0.3, 0.4) is 0 Å². The van der Waals surface area contributed by atoms with Gasteiger partial charge in [-0.15, -0.1) is 0 Å². The average Bonchev–Trinajstić information content (AvgIpc) is 2.53. The van der Waals surface area contributed by atoms with E-state index in [9.17, 15) is 30.7 Å². The maximum Gasteiger partial charge on any atom is 0.416 e. The van der Waals surface area contributed by atoms with Crippen molar-refractivity contribution < 1.29 is 30.7 Å². The van der Waals surface area contributed by atoms with Crippen LogP contribution >= 0.6 is 0 Å². The Balaban J connectivity index is 2.10. The zero-order valence-electron chi connectivity index (χ0n) is 12.6. The Morgan fingerprint density at radius 1 is 0.769 bits per heavy atom. The Kier molecular flexibility index (Phi) is 4.21. The zero-order chi connectivity index (χ0) is 19.1. The van der Waals surface area contributed by atoms with Crippen LogP contribution < -0.4 is 5.32 Å². The maximum atomic E-state index is 13.2. The third-order valence-electron chi connectivity index (χ3n) is 3.45. The first-order valence-corrected chi connectivity index (χ1v) is 7.01. The van der Waals surface area contributed by atoms with Gasteiger partial charge in [-0.1, -0.05) is 0 Å². The minimum absolute atomic E-state index is 0.0264. The van der Waals surface area contributed by atoms with E-state index in [0.717, 1.165) is 18.5 Å². The summed E-state index contributed by atoms with van der Waals surface area (Å²) in [5.41, 5.74) is -3.24. The van der Waals surface area contributed by atoms with Crippen molar-refractivity contribution in [2.45, 2.75) is 12.4 Å². The minimum Gasteiger partial charge on any atom is -0.340 e. The van der Waals surface area contributed by atoms with Crippen LogP contribution in [0.4, 0.5) is 42.2 Å². The average molecular weight is 375 g/mol. The summed E-state index contributed by atoms with van der Waals surface area (Å²) >= 11 is 0. The first-order valence-electron chi connectivity index (χ1n) is 7.01. The lowest BCUT2D eigenvalue weighted by atomic mass is 10.1. The molecule has 10 heteroatoms. The molecule has 0 aliphatic rings. The third kappa shape index (κ3) is 3.68. The molecule has 1 heterocycles. The fourth-order valence-corrected chi connectivity index (χ4v) is 2.29. The summed E-state index contributed by atoms with van der Waals surface area (Å²) < 4.78 is 90.7. The van der Waals surface area contributed by atoms with Gasteiger partial charge < -0.3 is 5.32 Å². The summed E-state index contributed by atoms with van der Waals surface area (Å²) in [6.07, 6.45) is -8.91. The minimum atomic E-state index is -4.96. The Hall–Kier alpha value is -2.91. The molecule has 0 spiro atoms. The highest BCUT2D eigenvalue weighted by Crippen LogP contribution is 2.38. The van der Waals surface area contributed by atoms with Gasteiger partial charge in [0.15, 0.2) is 0 Å². The van der Waals surface area contributed by atoms with Crippen molar-refractivity contribution in [3.63, 3.8) is 0 Å². The first-order chi connectivity index (χ1) is 12.0. The Labute approximate surface area is 141 Å². The van der Waals surface area contributed by atoms with Crippen molar-refractivity contribution in [1.82, 2.24) is 9.97 Å². The van der Waals surface area contributed by atoms with Crippen LogP contribution in [0, 0.1) is 5.82 Å². The molecule has 0 bridgehead atoms. The van der Waals surface area contributed by atoms with Gasteiger partial charge in [0.25, 0.3) is 0 Å². The number of fused-ring (bicyclic) bond motifs is 1. The molecule has 0 saturated heterocycles. The lowest BCUT2D eigenvalue weighted by molar-refractivity contribution is -0.143. The number of benzene rings is 2. The number of anilines is 2. The maximum absolute atomic E-state index is 13.2. The van der Waals surface area contributed by atoms with Crippen LogP contribution in [-0.2, 0) is 12.4 Å². The second kappa shape index (κ2) is 6.11. The molecule has 0 aliphatic heterocycles. The monoisotopic (exact) mass is 375 g/mol. The van der Waals surface area contributed by atoms with E-state index in [1.54, 1.807) is 0 Å². The molecule has 136 valence electrons. The van der Waals surface area contributed by atoms with Crippen LogP contribution in [0.1, 0.15) is 11.1 Å². The number of halogens is 7. The van der Waals surface area contributed by atoms with Crippen LogP contribution in [-0.4, -0.2) is 9.97 Å². The fourth-order valence-electron chi connectivity index (χ4n) is 2.29. The van der Waals surface area contributed by atoms with Gasteiger partial charge in [0.2, 0.25) is 0 Å². The van der Waals surface area contributed by atoms with Gasteiger partial charge >= 0.3 is 12.4 Å². The van der Waals surface area contributed by atoms with E-state index in [0.29, 0.717) is 12.1 Å². The van der Waals surface area contributed by atoms with Gasteiger partial charge in [-0.05, 0) is 30.3 Å². The van der Waals surface area contributed by atoms with Crippen molar-refractivity contribution in [3.8, 4) is 0 Å². The standard InChI is InChI=1S/C16H8F7N3/c17-10-1-2-12-13(6-10)24-7-25-14(12)26-11-4-8(15(18,19)20)3-9(5-11)16(21,22)23/h1-7H,(H,24,25,26). The second-order valence-corrected chi connectivity index (χ2v) is 5.30. The molecule has 0 atom stereocenters. The van der Waals surface area contributed by atoms with Crippen molar-refractivity contribution in [2.24, 2.45) is 0 Å². The molecule has 2 aromatic carbocycles. The highest BCUT2D eigenvalue weighted by atomic mass is 19.4. The van der Waals surface area contributed by atoms with Crippen LogP contribution in [0.2, 0.25) is 0 Å². The molecule has 0 unspecified atom stereocenters. The van der Waals surface area contributed by atoms with E-state index in [1.807, 2.05) is 0 Å². The van der Waals surface area contributed by atoms with Crippen molar-refractivity contribution in [1.29, 1.82) is 0 Å². The zero-order valence-corrected chi connectivity index (χ0v) is 12.6. The quantitative estimate of drug-likeness (QED) is 0.597. The number of hydrogen-bond acceptors (Lipinski definition) is 3. The molecule has 0 amide bonds. The van der Waals surface area contributed by atoms with Crippen molar-refractivity contribution in [2.75, 3.05) is 5.32 Å². The van der Waals surface area contributed by atoms with Crippen LogP contribution in [0.25, 0.3) is 10.9 Å². The second-order valence-electron chi connectivity index (χ2n) is 5.30. The summed E-state index contributed by atoms with van der Waals surface area (Å²) in [5.74, 6) is -0.650. The largest absolute Gasteiger partial charge is 0.416 e. The molecular weight excluding hydrogens is 367 g/mol. The molecule has 3 nitrogen and oxygen atoms in total. The predicted molar refractivity (Wildman–Crippen MR) is 79.2 cm³/mol. The van der Waals surface area contributed by atoms with E-state index in [-0.39, 0.29) is 22.8 Å². The van der Waals surface area contributed by atoms with Gasteiger partial charge in [-0.3, -0.25) is 0 Å². The van der Waals surface area contributed by atoms with Gasteiger partial charge in [0, 0.05) is 17.1 Å². The summed E-state index contributed by atoms with van der Waals surface area (Å²) in [4.78, 5) is 7.62. The van der Waals surface area contributed by atoms with E-state index in [1.165, 1.54) is 6.07 Å². The van der Waals surface area contributed by atoms with Crippen molar-refractivity contribution >= 4 is 22.4 Å². The van der Waals surface area contributed by atoms with E-state index >= 15 is 0 Å². The molecule has 0 saturated carbocycles. The van der Waals surface area contributed by atoms with Gasteiger partial charge in [0.05, 0.1) is 16.6 Å². The van der Waals surface area contributed by atoms with E-state index in [4.69, 9.17) is 0 Å². The summed E-state index contributed by atoms with van der Waals surface area (Å²) in [6.45, 7) is 0. The van der Waals surface area contributed by atoms with E-state index in [2.05, 4.69) is 15.3 Å². The molecule has 0 aliphatic carbocycles. The van der Waals surface area contributed by atoms with Gasteiger partial charge in [0.1, 0.15) is 18.0 Å². The molecule has 0 radical (unpaired) electrons. The first kappa shape index (κ1) is 17.9. The topological polar surface area (TPSA) is 37.8 Å². The van der Waals surface area contributed by atoms with E-state index < -0.39 is 35.0 Å². The third-order valence-corrected chi connectivity index (χ3v) is 3.45. The Morgan fingerprint density at radius 2 is 1.38 bits per heavy atom. The Morgan fingerprint density at radius 3 is 1.96 bits per heavy atom. The number of nitrogens with zero attached hydrogens (tertiary/aromatic N) is 2. The van der Waals surface area contributed by atoms with Gasteiger partial charge in [-0.2, -0.15) is 26.3 Å². The molecular formula is C16H8F7N3. The highest BCUT2D eigenvalue weighted by Gasteiger charge is 2.37. The van der Waals surface area contributed by atoms with Gasteiger partial charge in [-0.25, -0.2) is 14.4 Å². The number of hydrogen-bond donors (Lipinski definition) is 1. The van der Waals surface area contributed by atoms with Crippen LogP contribution in [0.5, 0.6) is 0 Å². The Bertz CT molecular complexity index is 932. The SMILES string of the molecule is Fc1ccc2c(Nc3cc(C(F)(F)F)cc(C(F)(F)F)c3)ncnc2c1. The molecule has 3 aromatic rings. The number of rotatable bonds is 2. The molecule has 3 rings (SSSR count). The number of aromatic nitrogens is 2. The smallest absolute Gasteiger partial charge is 0.340 e. The fraction of sp³-hybridized carbons (Fsp3) is 0.125. The summed E-state index contributed by atoms with van der Waals surface area (Å²) in [5, 5.41) is 2.65. The lowest BCUT2D eigenvalue weighted by Gasteiger charge is -2.15. The summed E-state index contributed by atoms with van der Waals surface area (Å²) in [6, 6.07) is 4.50. The number of nitrogens with one attached hydrogen (secondary N) is 1. The van der Waals surface area contributed by atoms with Crippen LogP contribution in [0.15, 0.2) is 42.7 Å². The molecule has 1 aromatic heterocycles. The summed E-state index contributed by atoms with van der Waals surface area (Å²) in [7, 11) is 0. The molecule has 1 N–H and O–H groups in total. The highest BCUT2D eigenvalue weighted by molar-refractivity contribution is 5.90. The van der Waals surface area contributed by atoms with Crippen molar-refractivity contribution in [3.05, 3.63) is 59.7 Å². The molecule has 26 heavy (non-hydrogen) atoms. The normalized spacial score (nSPS) is 12.4. The number of alkyl halides is 6. The lowest BCUT2D eigenvalue weighted by Crippen LogP contribution is -2.11.